The van der Waals surface area contributed by atoms with Crippen molar-refractivity contribution in [3.05, 3.63) is 17.6 Å². The van der Waals surface area contributed by atoms with Gasteiger partial charge in [0.15, 0.2) is 5.82 Å². The molecular formula is C17H29N3O. The Bertz CT molecular complexity index is 475. The number of hydrogen-bond donors (Lipinski definition) is 1. The maximum absolute atomic E-state index is 5.92. The molecule has 0 amide bonds. The molecule has 0 saturated heterocycles. The van der Waals surface area contributed by atoms with Crippen LogP contribution in [-0.2, 0) is 10.3 Å². The van der Waals surface area contributed by atoms with Crippen molar-refractivity contribution in [3.63, 3.8) is 0 Å². The van der Waals surface area contributed by atoms with Crippen molar-refractivity contribution in [1.29, 1.82) is 0 Å². The first-order chi connectivity index (χ1) is 9.91. The molecule has 1 fully saturated rings. The molecule has 0 radical (unpaired) electrons. The zero-order chi connectivity index (χ0) is 15.5. The van der Waals surface area contributed by atoms with Gasteiger partial charge in [0.2, 0.25) is 0 Å². The van der Waals surface area contributed by atoms with Crippen molar-refractivity contribution in [3.8, 4) is 0 Å². The Balaban J connectivity index is 2.27. The minimum Gasteiger partial charge on any atom is -0.370 e. The van der Waals surface area contributed by atoms with E-state index in [0.29, 0.717) is 5.41 Å². The van der Waals surface area contributed by atoms with Gasteiger partial charge in [-0.2, -0.15) is 0 Å². The molecule has 4 heteroatoms. The number of nitrogens with one attached hydrogen (secondary N) is 1. The van der Waals surface area contributed by atoms with E-state index in [9.17, 15) is 0 Å². The van der Waals surface area contributed by atoms with Gasteiger partial charge in [0.05, 0.1) is 0 Å². The van der Waals surface area contributed by atoms with E-state index in [1.807, 2.05) is 13.0 Å². The van der Waals surface area contributed by atoms with Crippen molar-refractivity contribution in [2.24, 2.45) is 5.41 Å². The predicted octanol–water partition coefficient (Wildman–Crippen LogP) is 4.05. The smallest absolute Gasteiger partial charge is 0.162 e. The number of rotatable bonds is 5. The van der Waals surface area contributed by atoms with Crippen molar-refractivity contribution < 1.29 is 4.74 Å². The zero-order valence-corrected chi connectivity index (χ0v) is 14.1. The Labute approximate surface area is 128 Å². The van der Waals surface area contributed by atoms with Crippen molar-refractivity contribution in [2.75, 3.05) is 19.0 Å². The van der Waals surface area contributed by atoms with Gasteiger partial charge in [0.25, 0.3) is 0 Å². The summed E-state index contributed by atoms with van der Waals surface area (Å²) in [4.78, 5) is 9.42. The third kappa shape index (κ3) is 3.73. The maximum Gasteiger partial charge on any atom is 0.162 e. The van der Waals surface area contributed by atoms with Gasteiger partial charge in [-0.15, -0.1) is 0 Å². The lowest BCUT2D eigenvalue weighted by Gasteiger charge is -2.41. The zero-order valence-electron chi connectivity index (χ0n) is 14.1. The van der Waals surface area contributed by atoms with E-state index in [0.717, 1.165) is 56.0 Å². The SMILES string of the molecule is CCCNc1cc(C)nc(C2(OC)CCC(C)(C)CC2)n1. The fourth-order valence-corrected chi connectivity index (χ4v) is 2.97. The summed E-state index contributed by atoms with van der Waals surface area (Å²) in [6.45, 7) is 9.78. The Morgan fingerprint density at radius 3 is 2.43 bits per heavy atom. The minimum absolute atomic E-state index is 0.315. The highest BCUT2D eigenvalue weighted by Crippen LogP contribution is 2.46. The first-order valence-electron chi connectivity index (χ1n) is 8.06. The lowest BCUT2D eigenvalue weighted by molar-refractivity contribution is -0.0729. The molecule has 1 aliphatic rings. The summed E-state index contributed by atoms with van der Waals surface area (Å²) in [6, 6.07) is 2.01. The predicted molar refractivity (Wildman–Crippen MR) is 86.5 cm³/mol. The van der Waals surface area contributed by atoms with Crippen LogP contribution < -0.4 is 5.32 Å². The number of anilines is 1. The van der Waals surface area contributed by atoms with Crippen LogP contribution in [-0.4, -0.2) is 23.6 Å². The molecule has 4 nitrogen and oxygen atoms in total. The van der Waals surface area contributed by atoms with E-state index in [1.54, 1.807) is 7.11 Å². The van der Waals surface area contributed by atoms with E-state index >= 15 is 0 Å². The highest BCUT2D eigenvalue weighted by atomic mass is 16.5. The fourth-order valence-electron chi connectivity index (χ4n) is 2.97. The molecule has 2 rings (SSSR count). The van der Waals surface area contributed by atoms with E-state index < -0.39 is 0 Å². The molecule has 1 aliphatic carbocycles. The third-order valence-corrected chi connectivity index (χ3v) is 4.62. The second kappa shape index (κ2) is 6.30. The van der Waals surface area contributed by atoms with E-state index in [1.165, 1.54) is 0 Å². The second-order valence-electron chi connectivity index (χ2n) is 7.01. The van der Waals surface area contributed by atoms with Gasteiger partial charge in [0, 0.05) is 25.4 Å². The first kappa shape index (κ1) is 16.2. The van der Waals surface area contributed by atoms with Crippen LogP contribution in [0.5, 0.6) is 0 Å². The van der Waals surface area contributed by atoms with Crippen LogP contribution in [0.2, 0.25) is 0 Å². The largest absolute Gasteiger partial charge is 0.370 e. The number of aryl methyl sites for hydroxylation is 1. The lowest BCUT2D eigenvalue weighted by atomic mass is 9.70. The molecule has 0 bridgehead atoms. The van der Waals surface area contributed by atoms with Crippen LogP contribution in [0.3, 0.4) is 0 Å². The summed E-state index contributed by atoms with van der Waals surface area (Å²) < 4.78 is 5.92. The number of nitrogens with zero attached hydrogens (tertiary/aromatic N) is 2. The molecule has 1 saturated carbocycles. The molecule has 1 aromatic rings. The molecule has 0 unspecified atom stereocenters. The summed E-state index contributed by atoms with van der Waals surface area (Å²) >= 11 is 0. The number of ether oxygens (including phenoxy) is 1. The molecule has 1 N–H and O–H groups in total. The standard InChI is InChI=1S/C17H29N3O/c1-6-11-18-14-12-13(2)19-15(20-14)17(21-5)9-7-16(3,4)8-10-17/h12H,6-11H2,1-5H3,(H,18,19,20). The molecule has 0 spiro atoms. The average molecular weight is 291 g/mol. The number of hydrogen-bond acceptors (Lipinski definition) is 4. The molecule has 1 aromatic heterocycles. The molecule has 0 aliphatic heterocycles. The van der Waals surface area contributed by atoms with E-state index in [4.69, 9.17) is 9.72 Å². The van der Waals surface area contributed by atoms with Gasteiger partial charge < -0.3 is 10.1 Å². The van der Waals surface area contributed by atoms with Crippen molar-refractivity contribution in [2.45, 2.75) is 65.4 Å². The summed E-state index contributed by atoms with van der Waals surface area (Å²) in [5.41, 5.74) is 1.08. The Hall–Kier alpha value is -1.16. The van der Waals surface area contributed by atoms with Gasteiger partial charge >= 0.3 is 0 Å². The van der Waals surface area contributed by atoms with Gasteiger partial charge in [-0.1, -0.05) is 20.8 Å². The lowest BCUT2D eigenvalue weighted by Crippen LogP contribution is -2.38. The monoisotopic (exact) mass is 291 g/mol. The summed E-state index contributed by atoms with van der Waals surface area (Å²) in [5, 5.41) is 3.37. The van der Waals surface area contributed by atoms with Crippen LogP contribution in [0.4, 0.5) is 5.82 Å². The van der Waals surface area contributed by atoms with E-state index in [-0.39, 0.29) is 5.60 Å². The van der Waals surface area contributed by atoms with Crippen molar-refractivity contribution >= 4 is 5.82 Å². The summed E-state index contributed by atoms with van der Waals surface area (Å²) in [5.74, 6) is 1.76. The highest BCUT2D eigenvalue weighted by molar-refractivity contribution is 5.36. The van der Waals surface area contributed by atoms with Crippen LogP contribution in [0.15, 0.2) is 6.07 Å². The van der Waals surface area contributed by atoms with Crippen LogP contribution in [0, 0.1) is 12.3 Å². The molecule has 0 aromatic carbocycles. The Morgan fingerprint density at radius 1 is 1.19 bits per heavy atom. The summed E-state index contributed by atoms with van der Waals surface area (Å²) in [6.07, 6.45) is 5.37. The molecular weight excluding hydrogens is 262 g/mol. The molecule has 0 atom stereocenters. The highest BCUT2D eigenvalue weighted by Gasteiger charge is 2.42. The van der Waals surface area contributed by atoms with Gasteiger partial charge in [-0.25, -0.2) is 9.97 Å². The minimum atomic E-state index is -0.315. The van der Waals surface area contributed by atoms with E-state index in [2.05, 4.69) is 31.1 Å². The third-order valence-electron chi connectivity index (χ3n) is 4.62. The van der Waals surface area contributed by atoms with Crippen molar-refractivity contribution in [1.82, 2.24) is 9.97 Å². The van der Waals surface area contributed by atoms with Gasteiger partial charge in [-0.05, 0) is 44.4 Å². The first-order valence-corrected chi connectivity index (χ1v) is 8.06. The van der Waals surface area contributed by atoms with Crippen LogP contribution >= 0.6 is 0 Å². The average Bonchev–Trinajstić information content (AvgIpc) is 2.45. The quantitative estimate of drug-likeness (QED) is 0.889. The fraction of sp³-hybridized carbons (Fsp3) is 0.765. The molecule has 21 heavy (non-hydrogen) atoms. The van der Waals surface area contributed by atoms with Gasteiger partial charge in [-0.3, -0.25) is 0 Å². The maximum atomic E-state index is 5.92. The summed E-state index contributed by atoms with van der Waals surface area (Å²) in [7, 11) is 1.79. The number of methoxy groups -OCH3 is 1. The number of aromatic nitrogens is 2. The van der Waals surface area contributed by atoms with Crippen LogP contribution in [0.1, 0.15) is 64.4 Å². The van der Waals surface area contributed by atoms with Crippen LogP contribution in [0.25, 0.3) is 0 Å². The topological polar surface area (TPSA) is 47.0 Å². The normalized spacial score (nSPS) is 20.2. The molecule has 118 valence electrons. The Kier molecular flexibility index (Phi) is 4.87. The Morgan fingerprint density at radius 2 is 1.86 bits per heavy atom. The van der Waals surface area contributed by atoms with Gasteiger partial charge in [0.1, 0.15) is 11.4 Å². The second-order valence-corrected chi connectivity index (χ2v) is 7.01. The molecule has 1 heterocycles.